The summed E-state index contributed by atoms with van der Waals surface area (Å²) in [5, 5.41) is 11.2. The number of pyridine rings is 2. The minimum absolute atomic E-state index is 0.384. The molecule has 152 valence electrons. The second-order valence-corrected chi connectivity index (χ2v) is 7.75. The van der Waals surface area contributed by atoms with Gasteiger partial charge in [-0.3, -0.25) is 4.57 Å². The topological polar surface area (TPSA) is 76.2 Å². The average Bonchev–Trinajstić information content (AvgIpc) is 3.06. The van der Waals surface area contributed by atoms with E-state index in [4.69, 9.17) is 9.47 Å². The first-order valence-corrected chi connectivity index (χ1v) is 10.3. The van der Waals surface area contributed by atoms with E-state index in [9.17, 15) is 5.26 Å². The SMILES string of the molecule is CCCOCn1c2cnc(C#N)cc2c2c(OCC3CCCN(C)C3)ccnc21. The molecular formula is C22H27N5O2. The average molecular weight is 393 g/mol. The summed E-state index contributed by atoms with van der Waals surface area (Å²) < 4.78 is 14.1. The van der Waals surface area contributed by atoms with Crippen LogP contribution in [0, 0.1) is 17.2 Å². The molecule has 1 saturated heterocycles. The minimum atomic E-state index is 0.384. The van der Waals surface area contributed by atoms with Crippen LogP contribution in [0.15, 0.2) is 24.5 Å². The van der Waals surface area contributed by atoms with Gasteiger partial charge < -0.3 is 14.4 Å². The number of fused-ring (bicyclic) bond motifs is 3. The smallest absolute Gasteiger partial charge is 0.146 e. The molecule has 0 spiro atoms. The molecule has 0 aromatic carbocycles. The Balaban J connectivity index is 1.73. The van der Waals surface area contributed by atoms with Crippen molar-refractivity contribution in [2.24, 2.45) is 5.92 Å². The molecule has 3 aromatic heterocycles. The molecule has 0 radical (unpaired) electrons. The summed E-state index contributed by atoms with van der Waals surface area (Å²) >= 11 is 0. The molecule has 7 heteroatoms. The second kappa shape index (κ2) is 8.76. The Morgan fingerprint density at radius 2 is 2.24 bits per heavy atom. The Kier molecular flexibility index (Phi) is 5.93. The number of hydrogen-bond acceptors (Lipinski definition) is 6. The lowest BCUT2D eigenvalue weighted by Crippen LogP contribution is -2.34. The third-order valence-electron chi connectivity index (χ3n) is 5.47. The van der Waals surface area contributed by atoms with E-state index in [2.05, 4.69) is 34.9 Å². The molecule has 3 aromatic rings. The lowest BCUT2D eigenvalue weighted by atomic mass is 9.99. The van der Waals surface area contributed by atoms with Gasteiger partial charge in [0.1, 0.15) is 29.9 Å². The Morgan fingerprint density at radius 3 is 3.03 bits per heavy atom. The summed E-state index contributed by atoms with van der Waals surface area (Å²) in [6.45, 7) is 6.05. The van der Waals surface area contributed by atoms with E-state index < -0.39 is 0 Å². The van der Waals surface area contributed by atoms with Crippen molar-refractivity contribution in [3.8, 4) is 11.8 Å². The van der Waals surface area contributed by atoms with E-state index in [-0.39, 0.29) is 0 Å². The summed E-state index contributed by atoms with van der Waals surface area (Å²) in [7, 11) is 2.16. The maximum absolute atomic E-state index is 9.32. The van der Waals surface area contributed by atoms with Crippen molar-refractivity contribution in [2.45, 2.75) is 32.9 Å². The molecule has 29 heavy (non-hydrogen) atoms. The molecule has 0 amide bonds. The van der Waals surface area contributed by atoms with Gasteiger partial charge in [-0.15, -0.1) is 0 Å². The predicted octanol–water partition coefficient (Wildman–Crippen LogP) is 3.56. The monoisotopic (exact) mass is 393 g/mol. The molecule has 0 N–H and O–H groups in total. The molecule has 0 bridgehead atoms. The summed E-state index contributed by atoms with van der Waals surface area (Å²) in [5.74, 6) is 1.33. The van der Waals surface area contributed by atoms with Crippen LogP contribution in [0.1, 0.15) is 31.9 Å². The van der Waals surface area contributed by atoms with E-state index in [1.807, 2.05) is 16.7 Å². The van der Waals surface area contributed by atoms with Gasteiger partial charge >= 0.3 is 0 Å². The van der Waals surface area contributed by atoms with Crippen molar-refractivity contribution in [1.82, 2.24) is 19.4 Å². The number of piperidine rings is 1. The summed E-state index contributed by atoms with van der Waals surface area (Å²) in [6.07, 6.45) is 6.85. The van der Waals surface area contributed by atoms with Gasteiger partial charge in [0.15, 0.2) is 0 Å². The standard InChI is InChI=1S/C22H27N5O2/c1-3-9-28-15-27-19-12-25-17(11-23)10-18(19)21-20(6-7-24-22(21)27)29-14-16-5-4-8-26(2)13-16/h6-7,10,12,16H,3-5,8-9,13-15H2,1-2H3. The summed E-state index contributed by atoms with van der Waals surface area (Å²) in [5.41, 5.74) is 2.08. The van der Waals surface area contributed by atoms with Crippen LogP contribution in [-0.4, -0.2) is 52.8 Å². The van der Waals surface area contributed by atoms with Gasteiger partial charge in [0.25, 0.3) is 0 Å². The number of ether oxygens (including phenoxy) is 2. The lowest BCUT2D eigenvalue weighted by Gasteiger charge is -2.29. The number of nitrogens with zero attached hydrogens (tertiary/aromatic N) is 5. The molecule has 7 nitrogen and oxygen atoms in total. The number of hydrogen-bond donors (Lipinski definition) is 0. The Labute approximate surface area is 170 Å². The normalized spacial score (nSPS) is 17.6. The Morgan fingerprint density at radius 1 is 1.34 bits per heavy atom. The van der Waals surface area contributed by atoms with E-state index >= 15 is 0 Å². The number of nitriles is 1. The highest BCUT2D eigenvalue weighted by Gasteiger charge is 2.20. The number of rotatable bonds is 7. The Hall–Kier alpha value is -2.69. The van der Waals surface area contributed by atoms with E-state index in [0.29, 0.717) is 31.6 Å². The molecular weight excluding hydrogens is 366 g/mol. The fourth-order valence-electron chi connectivity index (χ4n) is 4.10. The number of likely N-dealkylation sites (tertiary alicyclic amines) is 1. The fraction of sp³-hybridized carbons (Fsp3) is 0.500. The zero-order valence-electron chi connectivity index (χ0n) is 17.1. The molecule has 1 atom stereocenters. The van der Waals surface area contributed by atoms with Crippen LogP contribution in [0.5, 0.6) is 5.75 Å². The highest BCUT2D eigenvalue weighted by atomic mass is 16.5. The van der Waals surface area contributed by atoms with Crippen LogP contribution in [-0.2, 0) is 11.5 Å². The van der Waals surface area contributed by atoms with Gasteiger partial charge in [-0.05, 0) is 45.0 Å². The van der Waals surface area contributed by atoms with Gasteiger partial charge in [0.2, 0.25) is 0 Å². The van der Waals surface area contributed by atoms with Crippen LogP contribution >= 0.6 is 0 Å². The van der Waals surface area contributed by atoms with E-state index in [1.54, 1.807) is 12.4 Å². The number of aromatic nitrogens is 3. The minimum Gasteiger partial charge on any atom is -0.492 e. The fourth-order valence-corrected chi connectivity index (χ4v) is 4.10. The van der Waals surface area contributed by atoms with Gasteiger partial charge in [0, 0.05) is 30.7 Å². The van der Waals surface area contributed by atoms with Crippen LogP contribution in [0.2, 0.25) is 0 Å². The van der Waals surface area contributed by atoms with Crippen LogP contribution in [0.25, 0.3) is 21.9 Å². The molecule has 1 fully saturated rings. The van der Waals surface area contributed by atoms with Crippen LogP contribution in [0.3, 0.4) is 0 Å². The first-order chi connectivity index (χ1) is 14.2. The van der Waals surface area contributed by atoms with Crippen molar-refractivity contribution in [1.29, 1.82) is 5.26 Å². The molecule has 4 rings (SSSR count). The van der Waals surface area contributed by atoms with E-state index in [1.165, 1.54) is 12.8 Å². The zero-order chi connectivity index (χ0) is 20.2. The van der Waals surface area contributed by atoms with Crippen molar-refractivity contribution >= 4 is 21.9 Å². The summed E-state index contributed by atoms with van der Waals surface area (Å²) in [4.78, 5) is 11.2. The van der Waals surface area contributed by atoms with Gasteiger partial charge in [0.05, 0.1) is 23.7 Å². The van der Waals surface area contributed by atoms with Crippen molar-refractivity contribution < 1.29 is 9.47 Å². The van der Waals surface area contributed by atoms with Gasteiger partial charge in [-0.25, -0.2) is 9.97 Å². The van der Waals surface area contributed by atoms with Crippen molar-refractivity contribution in [3.63, 3.8) is 0 Å². The Bertz CT molecular complexity index is 1040. The van der Waals surface area contributed by atoms with Crippen LogP contribution in [0.4, 0.5) is 0 Å². The highest BCUT2D eigenvalue weighted by molar-refractivity contribution is 6.09. The van der Waals surface area contributed by atoms with Gasteiger partial charge in [-0.2, -0.15) is 5.26 Å². The van der Waals surface area contributed by atoms with Crippen molar-refractivity contribution in [2.75, 3.05) is 33.4 Å². The highest BCUT2D eigenvalue weighted by Crippen LogP contribution is 2.35. The second-order valence-electron chi connectivity index (χ2n) is 7.75. The maximum atomic E-state index is 9.32. The molecule has 1 aliphatic heterocycles. The first-order valence-electron chi connectivity index (χ1n) is 10.3. The largest absolute Gasteiger partial charge is 0.492 e. The van der Waals surface area contributed by atoms with Crippen LogP contribution < -0.4 is 4.74 Å². The molecule has 0 saturated carbocycles. The maximum Gasteiger partial charge on any atom is 0.146 e. The summed E-state index contributed by atoms with van der Waals surface area (Å²) in [6, 6.07) is 5.87. The first kappa shape index (κ1) is 19.6. The molecule has 0 aliphatic carbocycles. The quantitative estimate of drug-likeness (QED) is 0.571. The lowest BCUT2D eigenvalue weighted by molar-refractivity contribution is 0.0826. The zero-order valence-corrected chi connectivity index (χ0v) is 17.1. The van der Waals surface area contributed by atoms with Gasteiger partial charge in [-0.1, -0.05) is 6.92 Å². The predicted molar refractivity (Wildman–Crippen MR) is 112 cm³/mol. The van der Waals surface area contributed by atoms with E-state index in [0.717, 1.165) is 47.2 Å². The molecule has 4 heterocycles. The third-order valence-corrected chi connectivity index (χ3v) is 5.47. The molecule has 1 aliphatic rings. The molecule has 1 unspecified atom stereocenters. The third kappa shape index (κ3) is 4.04. The van der Waals surface area contributed by atoms with Crippen molar-refractivity contribution in [3.05, 3.63) is 30.2 Å².